The quantitative estimate of drug-likeness (QED) is 0.392. The van der Waals surface area contributed by atoms with Gasteiger partial charge in [-0.3, -0.25) is 9.59 Å². The van der Waals surface area contributed by atoms with Gasteiger partial charge in [0.25, 0.3) is 0 Å². The van der Waals surface area contributed by atoms with Gasteiger partial charge in [-0.05, 0) is 51.2 Å². The number of benzene rings is 1. The number of aliphatic carboxylic acids is 1. The van der Waals surface area contributed by atoms with Crippen molar-refractivity contribution in [3.63, 3.8) is 0 Å². The summed E-state index contributed by atoms with van der Waals surface area (Å²) in [6.45, 7) is 0.928. The molecule has 1 aromatic rings. The van der Waals surface area contributed by atoms with Crippen molar-refractivity contribution >= 4 is 11.9 Å². The van der Waals surface area contributed by atoms with Crippen LogP contribution in [0.25, 0.3) is 0 Å². The van der Waals surface area contributed by atoms with Gasteiger partial charge in [0.1, 0.15) is 5.75 Å². The van der Waals surface area contributed by atoms with Crippen molar-refractivity contribution in [3.05, 3.63) is 29.8 Å². The predicted molar refractivity (Wildman–Crippen MR) is 112 cm³/mol. The number of carbonyl (C=O) groups excluding carboxylic acids is 1. The maximum absolute atomic E-state index is 12.5. The predicted octanol–water partition coefficient (Wildman–Crippen LogP) is 4.34. The molecule has 1 amide bonds. The third kappa shape index (κ3) is 12.9. The van der Waals surface area contributed by atoms with E-state index in [9.17, 15) is 22.8 Å². The summed E-state index contributed by atoms with van der Waals surface area (Å²) in [4.78, 5) is 24.7. The van der Waals surface area contributed by atoms with Crippen molar-refractivity contribution < 1.29 is 32.6 Å². The lowest BCUT2D eigenvalue weighted by atomic mass is 10.1. The minimum atomic E-state index is -4.34. The topological polar surface area (TPSA) is 78.9 Å². The molecular weight excluding hydrogens is 413 g/mol. The van der Waals surface area contributed by atoms with Crippen molar-refractivity contribution in [3.8, 4) is 5.75 Å². The molecule has 1 rings (SSSR count). The number of amides is 1. The normalized spacial score (nSPS) is 12.6. The Labute approximate surface area is 181 Å². The Morgan fingerprint density at radius 1 is 1.03 bits per heavy atom. The van der Waals surface area contributed by atoms with Crippen LogP contribution in [-0.2, 0) is 15.8 Å². The van der Waals surface area contributed by atoms with E-state index in [0.29, 0.717) is 25.3 Å². The molecule has 0 unspecified atom stereocenters. The van der Waals surface area contributed by atoms with E-state index >= 15 is 0 Å². The number of nitrogens with one attached hydrogen (secondary N) is 1. The van der Waals surface area contributed by atoms with Crippen LogP contribution < -0.4 is 10.1 Å². The van der Waals surface area contributed by atoms with Gasteiger partial charge in [0.15, 0.2) is 0 Å². The zero-order valence-electron chi connectivity index (χ0n) is 18.2. The SMILES string of the molecule is CN(C)C[C@@H](CC(=O)O)NC(=O)CCCCCCCCOc1ccc(C(F)(F)F)cc1. The van der Waals surface area contributed by atoms with Crippen molar-refractivity contribution in [1.29, 1.82) is 0 Å². The number of alkyl halides is 3. The number of halogens is 3. The van der Waals surface area contributed by atoms with E-state index in [1.165, 1.54) is 12.1 Å². The molecule has 0 fully saturated rings. The number of carbonyl (C=O) groups is 2. The summed E-state index contributed by atoms with van der Waals surface area (Å²) in [6.07, 6.45) is 1.30. The molecule has 1 atom stereocenters. The van der Waals surface area contributed by atoms with Crippen LogP contribution in [0.5, 0.6) is 5.75 Å². The highest BCUT2D eigenvalue weighted by atomic mass is 19.4. The van der Waals surface area contributed by atoms with E-state index in [-0.39, 0.29) is 12.3 Å². The highest BCUT2D eigenvalue weighted by molar-refractivity contribution is 5.77. The van der Waals surface area contributed by atoms with Crippen LogP contribution in [0, 0.1) is 0 Å². The molecule has 0 aromatic heterocycles. The standard InChI is InChI=1S/C22H33F3N2O4/c1-27(2)16-18(15-21(29)30)26-20(28)9-7-5-3-4-6-8-14-31-19-12-10-17(11-13-19)22(23,24)25/h10-13,18H,3-9,14-16H2,1-2H3,(H,26,28)(H,29,30)/t18-/m1/s1. The molecule has 0 spiro atoms. The number of rotatable bonds is 15. The van der Waals surface area contributed by atoms with E-state index in [0.717, 1.165) is 50.7 Å². The smallest absolute Gasteiger partial charge is 0.416 e. The van der Waals surface area contributed by atoms with Crippen LogP contribution in [-0.4, -0.2) is 55.2 Å². The number of carboxylic acids is 1. The van der Waals surface area contributed by atoms with Gasteiger partial charge in [0, 0.05) is 13.0 Å². The molecule has 0 aliphatic carbocycles. The number of likely N-dealkylation sites (N-methyl/N-ethyl adjacent to an activating group) is 1. The van der Waals surface area contributed by atoms with Crippen LogP contribution in [0.3, 0.4) is 0 Å². The number of hydrogen-bond donors (Lipinski definition) is 2. The fourth-order valence-electron chi connectivity index (χ4n) is 3.14. The van der Waals surface area contributed by atoms with Crippen LogP contribution in [0.4, 0.5) is 13.2 Å². The first kappa shape index (κ1) is 26.7. The summed E-state index contributed by atoms with van der Waals surface area (Å²) >= 11 is 0. The van der Waals surface area contributed by atoms with Gasteiger partial charge in [0.2, 0.25) is 5.91 Å². The fourth-order valence-corrected chi connectivity index (χ4v) is 3.14. The number of nitrogens with zero attached hydrogens (tertiary/aromatic N) is 1. The van der Waals surface area contributed by atoms with Gasteiger partial charge in [-0.2, -0.15) is 13.2 Å². The zero-order valence-corrected chi connectivity index (χ0v) is 18.2. The van der Waals surface area contributed by atoms with Crippen LogP contribution in [0.1, 0.15) is 56.9 Å². The highest BCUT2D eigenvalue weighted by Gasteiger charge is 2.30. The van der Waals surface area contributed by atoms with Gasteiger partial charge in [-0.25, -0.2) is 0 Å². The number of hydrogen-bond acceptors (Lipinski definition) is 4. The second kappa shape index (κ2) is 13.9. The monoisotopic (exact) mass is 446 g/mol. The number of ether oxygens (including phenoxy) is 1. The van der Waals surface area contributed by atoms with Gasteiger partial charge < -0.3 is 20.1 Å². The summed E-state index contributed by atoms with van der Waals surface area (Å²) in [7, 11) is 3.66. The Kier molecular flexibility index (Phi) is 12.0. The van der Waals surface area contributed by atoms with Crippen LogP contribution in [0.15, 0.2) is 24.3 Å². The van der Waals surface area contributed by atoms with Crippen molar-refractivity contribution in [2.45, 2.75) is 63.6 Å². The molecule has 9 heteroatoms. The van der Waals surface area contributed by atoms with E-state index in [2.05, 4.69) is 5.32 Å². The number of carboxylic acid groups (broad SMARTS) is 1. The Hall–Kier alpha value is -2.29. The summed E-state index contributed by atoms with van der Waals surface area (Å²) in [5.74, 6) is -0.637. The average Bonchev–Trinajstić information content (AvgIpc) is 2.65. The minimum absolute atomic E-state index is 0.0987. The van der Waals surface area contributed by atoms with E-state index < -0.39 is 23.8 Å². The maximum atomic E-state index is 12.5. The van der Waals surface area contributed by atoms with Crippen molar-refractivity contribution in [1.82, 2.24) is 10.2 Å². The van der Waals surface area contributed by atoms with Gasteiger partial charge in [-0.1, -0.05) is 25.7 Å². The first-order chi connectivity index (χ1) is 14.6. The molecule has 0 aliphatic heterocycles. The second-order valence-electron chi connectivity index (χ2n) is 7.87. The molecule has 2 N–H and O–H groups in total. The molecule has 0 radical (unpaired) electrons. The van der Waals surface area contributed by atoms with Gasteiger partial charge in [0.05, 0.1) is 24.6 Å². The largest absolute Gasteiger partial charge is 0.494 e. The maximum Gasteiger partial charge on any atom is 0.416 e. The zero-order chi connectivity index (χ0) is 23.3. The first-order valence-electron chi connectivity index (χ1n) is 10.5. The second-order valence-corrected chi connectivity index (χ2v) is 7.87. The molecular formula is C22H33F3N2O4. The third-order valence-electron chi connectivity index (χ3n) is 4.62. The van der Waals surface area contributed by atoms with Gasteiger partial charge in [-0.15, -0.1) is 0 Å². The van der Waals surface area contributed by atoms with Crippen LogP contribution in [0.2, 0.25) is 0 Å². The molecule has 31 heavy (non-hydrogen) atoms. The Morgan fingerprint density at radius 3 is 2.16 bits per heavy atom. The minimum Gasteiger partial charge on any atom is -0.494 e. The molecule has 1 aromatic carbocycles. The molecule has 0 aliphatic rings. The Bertz CT molecular complexity index is 664. The summed E-state index contributed by atoms with van der Waals surface area (Å²) in [6, 6.07) is 4.27. The van der Waals surface area contributed by atoms with E-state index in [1.807, 2.05) is 19.0 Å². The lowest BCUT2D eigenvalue weighted by molar-refractivity contribution is -0.138. The lowest BCUT2D eigenvalue weighted by Gasteiger charge is -2.20. The highest BCUT2D eigenvalue weighted by Crippen LogP contribution is 2.30. The average molecular weight is 447 g/mol. The molecule has 176 valence electrons. The van der Waals surface area contributed by atoms with E-state index in [4.69, 9.17) is 9.84 Å². The summed E-state index contributed by atoms with van der Waals surface area (Å²) < 4.78 is 43.0. The molecule has 0 bridgehead atoms. The van der Waals surface area contributed by atoms with Crippen LogP contribution >= 0.6 is 0 Å². The molecule has 6 nitrogen and oxygen atoms in total. The Morgan fingerprint density at radius 2 is 1.61 bits per heavy atom. The van der Waals surface area contributed by atoms with E-state index in [1.54, 1.807) is 0 Å². The van der Waals surface area contributed by atoms with Gasteiger partial charge >= 0.3 is 12.1 Å². The molecule has 0 heterocycles. The third-order valence-corrected chi connectivity index (χ3v) is 4.62. The Balaban J connectivity index is 2.08. The fraction of sp³-hybridized carbons (Fsp3) is 0.636. The number of unbranched alkanes of at least 4 members (excludes halogenated alkanes) is 5. The molecule has 0 saturated carbocycles. The molecule has 0 saturated heterocycles. The summed E-state index contributed by atoms with van der Waals surface area (Å²) in [5, 5.41) is 11.7. The lowest BCUT2D eigenvalue weighted by Crippen LogP contribution is -2.42. The van der Waals surface area contributed by atoms with Crippen molar-refractivity contribution in [2.75, 3.05) is 27.2 Å². The summed E-state index contributed by atoms with van der Waals surface area (Å²) in [5.41, 5.74) is -0.691. The first-order valence-corrected chi connectivity index (χ1v) is 10.5. The van der Waals surface area contributed by atoms with Crippen molar-refractivity contribution in [2.24, 2.45) is 0 Å².